The fraction of sp³-hybridized carbons (Fsp3) is 0.0833. The number of hydrogen-bond acceptors (Lipinski definition) is 5. The van der Waals surface area contributed by atoms with Crippen LogP contribution in [0.4, 0.5) is 0 Å². The predicted octanol–water partition coefficient (Wildman–Crippen LogP) is 4.70. The van der Waals surface area contributed by atoms with E-state index in [1.165, 1.54) is 11.8 Å². The van der Waals surface area contributed by atoms with Gasteiger partial charge in [-0.2, -0.15) is 5.10 Å². The largest absolute Gasteiger partial charge is 0.272 e. The molecule has 0 unspecified atom stereocenters. The fourth-order valence-electron chi connectivity index (χ4n) is 3.15. The quantitative estimate of drug-likeness (QED) is 0.178. The maximum Gasteiger partial charge on any atom is 0.266 e. The lowest BCUT2D eigenvalue weighted by Gasteiger charge is -2.14. The zero-order chi connectivity index (χ0) is 22.5. The molecule has 0 aliphatic rings. The van der Waals surface area contributed by atoms with Gasteiger partial charge in [0, 0.05) is 10.0 Å². The molecule has 4 aromatic rings. The maximum atomic E-state index is 13.3. The Hall–Kier alpha value is -3.23. The molecule has 1 aromatic heterocycles. The number of nitrogens with one attached hydrogen (secondary N) is 1. The molecule has 0 radical (unpaired) electrons. The van der Waals surface area contributed by atoms with Gasteiger partial charge in [0.25, 0.3) is 11.5 Å². The van der Waals surface area contributed by atoms with Crippen molar-refractivity contribution < 1.29 is 4.79 Å². The third-order valence-corrected chi connectivity index (χ3v) is 6.39. The number of aromatic nitrogens is 2. The van der Waals surface area contributed by atoms with E-state index in [1.54, 1.807) is 22.9 Å². The zero-order valence-corrected chi connectivity index (χ0v) is 19.6. The minimum atomic E-state index is -0.294. The van der Waals surface area contributed by atoms with Gasteiger partial charge in [-0.1, -0.05) is 76.2 Å². The first-order valence-corrected chi connectivity index (χ1v) is 11.6. The van der Waals surface area contributed by atoms with Crippen LogP contribution in [0.3, 0.4) is 0 Å². The highest BCUT2D eigenvalue weighted by Crippen LogP contribution is 2.23. The van der Waals surface area contributed by atoms with Gasteiger partial charge in [-0.15, -0.1) is 0 Å². The van der Waals surface area contributed by atoms with Gasteiger partial charge in [-0.05, 0) is 36.8 Å². The predicted molar refractivity (Wildman–Crippen MR) is 133 cm³/mol. The Kier molecular flexibility index (Phi) is 6.82. The summed E-state index contributed by atoms with van der Waals surface area (Å²) in [5.41, 5.74) is 5.49. The van der Waals surface area contributed by atoms with Gasteiger partial charge < -0.3 is 0 Å². The van der Waals surface area contributed by atoms with Crippen LogP contribution in [-0.2, 0) is 4.79 Å². The summed E-state index contributed by atoms with van der Waals surface area (Å²) in [6.07, 6.45) is 1.57. The summed E-state index contributed by atoms with van der Waals surface area (Å²) < 4.78 is 2.45. The number of hydrogen-bond donors (Lipinski definition) is 1. The Balaban J connectivity index is 1.59. The minimum absolute atomic E-state index is 0.0595. The van der Waals surface area contributed by atoms with E-state index in [4.69, 9.17) is 0 Å². The van der Waals surface area contributed by atoms with Gasteiger partial charge >= 0.3 is 0 Å². The molecule has 0 bridgehead atoms. The number of carbonyl (C=O) groups excluding carboxylic acids is 1. The molecule has 3 aromatic carbocycles. The number of thioether (sulfide) groups is 1. The highest BCUT2D eigenvalue weighted by atomic mass is 79.9. The molecule has 160 valence electrons. The molecule has 0 aliphatic heterocycles. The van der Waals surface area contributed by atoms with Gasteiger partial charge in [0.05, 0.1) is 28.6 Å². The van der Waals surface area contributed by atoms with Crippen molar-refractivity contribution in [2.75, 3.05) is 5.75 Å². The molecule has 1 amide bonds. The number of para-hydroxylation sites is 2. The lowest BCUT2D eigenvalue weighted by Crippen LogP contribution is -2.24. The molecule has 6 nitrogen and oxygen atoms in total. The summed E-state index contributed by atoms with van der Waals surface area (Å²) in [5, 5.41) is 5.00. The monoisotopic (exact) mass is 506 g/mol. The standard InChI is InChI=1S/C24H19BrN4O2S/c1-16-8-2-7-13-21(16)29-23(31)18-10-4-6-12-20(18)27-24(29)32-15-22(30)28-26-14-17-9-3-5-11-19(17)25/h2-14H,15H2,1H3,(H,28,30). The van der Waals surface area contributed by atoms with Crippen molar-refractivity contribution in [1.82, 2.24) is 15.0 Å². The van der Waals surface area contributed by atoms with Gasteiger partial charge in [0.1, 0.15) is 0 Å². The Morgan fingerprint density at radius 1 is 1.09 bits per heavy atom. The van der Waals surface area contributed by atoms with Gasteiger partial charge in [-0.3, -0.25) is 14.2 Å². The highest BCUT2D eigenvalue weighted by Gasteiger charge is 2.15. The molecule has 32 heavy (non-hydrogen) atoms. The second-order valence-electron chi connectivity index (χ2n) is 6.94. The zero-order valence-electron chi connectivity index (χ0n) is 17.2. The van der Waals surface area contributed by atoms with Crippen LogP contribution in [0.15, 0.2) is 92.3 Å². The molecule has 1 N–H and O–H groups in total. The molecular formula is C24H19BrN4O2S. The number of fused-ring (bicyclic) bond motifs is 1. The van der Waals surface area contributed by atoms with Crippen LogP contribution < -0.4 is 11.0 Å². The summed E-state index contributed by atoms with van der Waals surface area (Å²) in [4.78, 5) is 30.3. The maximum absolute atomic E-state index is 13.3. The Bertz CT molecular complexity index is 1380. The Morgan fingerprint density at radius 2 is 1.81 bits per heavy atom. The van der Waals surface area contributed by atoms with Crippen LogP contribution in [0.1, 0.15) is 11.1 Å². The number of benzene rings is 3. The normalized spacial score (nSPS) is 11.2. The van der Waals surface area contributed by atoms with Crippen LogP contribution in [0.2, 0.25) is 0 Å². The third-order valence-electron chi connectivity index (χ3n) is 4.73. The van der Waals surface area contributed by atoms with E-state index in [1.807, 2.05) is 67.6 Å². The number of halogens is 1. The first kappa shape index (κ1) is 22.0. The summed E-state index contributed by atoms with van der Waals surface area (Å²) >= 11 is 4.63. The number of nitrogens with zero attached hydrogens (tertiary/aromatic N) is 3. The van der Waals surface area contributed by atoms with E-state index in [9.17, 15) is 9.59 Å². The molecule has 0 saturated heterocycles. The second-order valence-corrected chi connectivity index (χ2v) is 8.74. The molecule has 1 heterocycles. The van der Waals surface area contributed by atoms with Crippen molar-refractivity contribution in [3.05, 3.63) is 98.7 Å². The van der Waals surface area contributed by atoms with Crippen molar-refractivity contribution >= 4 is 50.7 Å². The molecule has 8 heteroatoms. The van der Waals surface area contributed by atoms with Crippen molar-refractivity contribution in [1.29, 1.82) is 0 Å². The van der Waals surface area contributed by atoms with E-state index < -0.39 is 0 Å². The number of hydrazone groups is 1. The molecule has 0 fully saturated rings. The molecule has 0 atom stereocenters. The van der Waals surface area contributed by atoms with Gasteiger partial charge in [0.15, 0.2) is 5.16 Å². The van der Waals surface area contributed by atoms with Crippen molar-refractivity contribution in [3.63, 3.8) is 0 Å². The van der Waals surface area contributed by atoms with Crippen molar-refractivity contribution in [2.24, 2.45) is 5.10 Å². The highest BCUT2D eigenvalue weighted by molar-refractivity contribution is 9.10. The van der Waals surface area contributed by atoms with Crippen LogP contribution in [-0.4, -0.2) is 27.4 Å². The lowest BCUT2D eigenvalue weighted by atomic mass is 10.2. The summed E-state index contributed by atoms with van der Waals surface area (Å²) in [5.74, 6) is -0.235. The van der Waals surface area contributed by atoms with Crippen LogP contribution in [0.5, 0.6) is 0 Å². The average molecular weight is 507 g/mol. The number of rotatable bonds is 6. The van der Waals surface area contributed by atoms with E-state index in [0.717, 1.165) is 21.3 Å². The number of carbonyl (C=O) groups is 1. The molecule has 0 aliphatic carbocycles. The summed E-state index contributed by atoms with van der Waals surface area (Å²) in [6, 6.07) is 22.4. The smallest absolute Gasteiger partial charge is 0.266 e. The van der Waals surface area contributed by atoms with Crippen LogP contribution in [0.25, 0.3) is 16.6 Å². The van der Waals surface area contributed by atoms with E-state index in [2.05, 4.69) is 31.4 Å². The summed E-state index contributed by atoms with van der Waals surface area (Å²) in [6.45, 7) is 1.94. The molecule has 4 rings (SSSR count). The van der Waals surface area contributed by atoms with E-state index in [0.29, 0.717) is 16.1 Å². The number of amides is 1. The lowest BCUT2D eigenvalue weighted by molar-refractivity contribution is -0.118. The summed E-state index contributed by atoms with van der Waals surface area (Å²) in [7, 11) is 0. The minimum Gasteiger partial charge on any atom is -0.272 e. The van der Waals surface area contributed by atoms with Gasteiger partial charge in [-0.25, -0.2) is 10.4 Å². The second kappa shape index (κ2) is 9.93. The SMILES string of the molecule is Cc1ccccc1-n1c(SCC(=O)NN=Cc2ccccc2Br)nc2ccccc2c1=O. The topological polar surface area (TPSA) is 76.3 Å². The first-order chi connectivity index (χ1) is 15.5. The van der Waals surface area contributed by atoms with E-state index in [-0.39, 0.29) is 17.2 Å². The number of aryl methyl sites for hydroxylation is 1. The molecular weight excluding hydrogens is 488 g/mol. The van der Waals surface area contributed by atoms with Crippen molar-refractivity contribution in [2.45, 2.75) is 12.1 Å². The Morgan fingerprint density at radius 3 is 2.62 bits per heavy atom. The third kappa shape index (κ3) is 4.81. The van der Waals surface area contributed by atoms with Crippen LogP contribution >= 0.6 is 27.7 Å². The van der Waals surface area contributed by atoms with Gasteiger partial charge in [0.2, 0.25) is 0 Å². The molecule has 0 saturated carbocycles. The fourth-order valence-corrected chi connectivity index (χ4v) is 4.34. The first-order valence-electron chi connectivity index (χ1n) is 9.81. The Labute approximate surface area is 197 Å². The van der Waals surface area contributed by atoms with E-state index >= 15 is 0 Å². The van der Waals surface area contributed by atoms with Crippen LogP contribution in [0, 0.1) is 6.92 Å². The van der Waals surface area contributed by atoms with Crippen molar-refractivity contribution in [3.8, 4) is 5.69 Å². The average Bonchev–Trinajstić information content (AvgIpc) is 2.80. The molecule has 0 spiro atoms.